The highest BCUT2D eigenvalue weighted by Gasteiger charge is 2.35. The second kappa shape index (κ2) is 21.3. The number of nitrogens with zero attached hydrogens (tertiary/aromatic N) is 12. The Kier molecular flexibility index (Phi) is 17.7. The van der Waals surface area contributed by atoms with E-state index in [0.717, 1.165) is 65.0 Å². The van der Waals surface area contributed by atoms with Gasteiger partial charge in [0.15, 0.2) is 0 Å². The Balaban J connectivity index is 2.39. The molecular formula is C44H84N12O2. The Morgan fingerprint density at radius 3 is 0.724 bits per heavy atom. The lowest BCUT2D eigenvalue weighted by Gasteiger charge is -2.42. The molecule has 0 radical (unpaired) electrons. The molecule has 58 heavy (non-hydrogen) atoms. The van der Waals surface area contributed by atoms with E-state index in [2.05, 4.69) is 186 Å². The molecule has 0 unspecified atom stereocenters. The van der Waals surface area contributed by atoms with Crippen LogP contribution in [0.1, 0.15) is 25.7 Å². The van der Waals surface area contributed by atoms with Crippen molar-refractivity contribution in [3.63, 3.8) is 0 Å². The lowest BCUT2D eigenvalue weighted by Crippen LogP contribution is -2.35. The molecule has 0 aliphatic carbocycles. The zero-order valence-corrected chi connectivity index (χ0v) is 40.7. The molecule has 0 aromatic heterocycles. The van der Waals surface area contributed by atoms with Gasteiger partial charge in [0, 0.05) is 180 Å². The largest absolute Gasteiger partial charge is 0.383 e. The summed E-state index contributed by atoms with van der Waals surface area (Å²) >= 11 is 0. The summed E-state index contributed by atoms with van der Waals surface area (Å²) in [5.74, 6) is 0. The Labute approximate surface area is 355 Å². The fourth-order valence-corrected chi connectivity index (χ4v) is 8.58. The number of benzene rings is 2. The van der Waals surface area contributed by atoms with Crippen LogP contribution in [0.5, 0.6) is 0 Å². The fourth-order valence-electron chi connectivity index (χ4n) is 8.58. The molecule has 2 aromatic carbocycles. The van der Waals surface area contributed by atoms with Crippen molar-refractivity contribution in [1.82, 2.24) is 0 Å². The van der Waals surface area contributed by atoms with Crippen LogP contribution in [0.4, 0.5) is 68.2 Å². The molecule has 0 amide bonds. The molecule has 0 atom stereocenters. The molecule has 332 valence electrons. The Bertz CT molecular complexity index is 1400. The fraction of sp³-hybridized carbons (Fsp3) is 0.727. The Morgan fingerprint density at radius 2 is 0.552 bits per heavy atom. The van der Waals surface area contributed by atoms with Crippen molar-refractivity contribution in [1.29, 1.82) is 0 Å². The summed E-state index contributed by atoms with van der Waals surface area (Å²) in [4.78, 5) is 28.7. The summed E-state index contributed by atoms with van der Waals surface area (Å²) in [6.07, 6.45) is 4.14. The van der Waals surface area contributed by atoms with Crippen LogP contribution in [0.3, 0.4) is 0 Å². The van der Waals surface area contributed by atoms with Gasteiger partial charge in [-0.1, -0.05) is 0 Å². The zero-order chi connectivity index (χ0) is 43.8. The first-order valence-electron chi connectivity index (χ1n) is 21.0. The van der Waals surface area contributed by atoms with Gasteiger partial charge in [0.1, 0.15) is 0 Å². The molecule has 0 saturated heterocycles. The second-order valence-electron chi connectivity index (χ2n) is 17.5. The van der Waals surface area contributed by atoms with Gasteiger partial charge < -0.3 is 68.3 Å². The van der Waals surface area contributed by atoms with Crippen molar-refractivity contribution in [2.45, 2.75) is 25.7 Å². The van der Waals surface area contributed by atoms with Crippen LogP contribution in [-0.4, -0.2) is 194 Å². The predicted molar refractivity (Wildman–Crippen MR) is 261 cm³/mol. The number of fused-ring (bicyclic) bond motifs is 4. The van der Waals surface area contributed by atoms with E-state index >= 15 is 0 Å². The molecule has 14 heteroatoms. The number of likely N-dealkylation sites (N-methyl/N-ethyl adjacent to an activating group) is 2. The minimum Gasteiger partial charge on any atom is -0.383 e. The summed E-state index contributed by atoms with van der Waals surface area (Å²) < 4.78 is 11.2. The van der Waals surface area contributed by atoms with E-state index < -0.39 is 0 Å². The molecule has 0 saturated carbocycles. The first-order chi connectivity index (χ1) is 27.3. The molecule has 4 bridgehead atoms. The summed E-state index contributed by atoms with van der Waals surface area (Å²) in [6.45, 7) is 6.54. The van der Waals surface area contributed by atoms with Gasteiger partial charge >= 0.3 is 0 Å². The van der Waals surface area contributed by atoms with Gasteiger partial charge in [0.25, 0.3) is 0 Å². The molecule has 0 fully saturated rings. The van der Waals surface area contributed by atoms with Crippen molar-refractivity contribution < 1.29 is 9.47 Å². The number of ether oxygens (including phenoxy) is 2. The van der Waals surface area contributed by atoms with Crippen LogP contribution in [0.15, 0.2) is 0 Å². The van der Waals surface area contributed by atoms with Crippen molar-refractivity contribution >= 4 is 68.2 Å². The molecule has 14 nitrogen and oxygen atoms in total. The van der Waals surface area contributed by atoms with Crippen LogP contribution in [-0.2, 0) is 9.47 Å². The monoisotopic (exact) mass is 813 g/mol. The van der Waals surface area contributed by atoms with Gasteiger partial charge in [-0.25, -0.2) is 0 Å². The van der Waals surface area contributed by atoms with E-state index in [1.54, 1.807) is 14.2 Å². The highest BCUT2D eigenvalue weighted by molar-refractivity contribution is 6.10. The summed E-state index contributed by atoms with van der Waals surface area (Å²) in [7, 11) is 43.5. The summed E-state index contributed by atoms with van der Waals surface area (Å²) in [5, 5.41) is 0. The first-order valence-corrected chi connectivity index (χ1v) is 21.0. The van der Waals surface area contributed by atoms with Gasteiger partial charge in [0.2, 0.25) is 0 Å². The van der Waals surface area contributed by atoms with E-state index in [9.17, 15) is 0 Å². The van der Waals surface area contributed by atoms with Crippen LogP contribution >= 0.6 is 0 Å². The van der Waals surface area contributed by atoms with Crippen LogP contribution in [0, 0.1) is 0 Å². The highest BCUT2D eigenvalue weighted by Crippen LogP contribution is 2.58. The van der Waals surface area contributed by atoms with Gasteiger partial charge in [0.05, 0.1) is 81.5 Å². The van der Waals surface area contributed by atoms with Crippen molar-refractivity contribution in [2.24, 2.45) is 0 Å². The number of hydrogen-bond donors (Lipinski definition) is 0. The smallest absolute Gasteiger partial charge is 0.0884 e. The average Bonchev–Trinajstić information content (AvgIpc) is 3.15. The minimum absolute atomic E-state index is 0.649. The maximum Gasteiger partial charge on any atom is 0.0884 e. The van der Waals surface area contributed by atoms with E-state index in [4.69, 9.17) is 9.47 Å². The molecule has 1 aliphatic rings. The third-order valence-corrected chi connectivity index (χ3v) is 11.4. The van der Waals surface area contributed by atoms with Crippen LogP contribution in [0.2, 0.25) is 0 Å². The standard InChI is InChI=1S/C44H84N12O2/c1-45(2)33-39-35(47(5)6)43(55(17)29-31-57-19)36(48(7)8)40(33)52(14)26-22-24-28-54(16)42-34(46(3)4)41(53(15)27-23-21-25-51(39)13)37(49(9)10)44(38(42)50(11)12)56(18)30-32-58-20/h21-32H2,1-20H3. The topological polar surface area (TPSA) is 57.3 Å². The quantitative estimate of drug-likeness (QED) is 0.249. The molecule has 3 rings (SSSR count). The molecule has 2 aromatic rings. The highest BCUT2D eigenvalue weighted by atomic mass is 16.5. The van der Waals surface area contributed by atoms with Gasteiger partial charge in [-0.05, 0) is 25.7 Å². The Hall–Kier alpha value is -4.04. The van der Waals surface area contributed by atoms with Crippen molar-refractivity contribution in [2.75, 3.05) is 252 Å². The maximum atomic E-state index is 5.62. The summed E-state index contributed by atoms with van der Waals surface area (Å²) in [6, 6.07) is 0. The van der Waals surface area contributed by atoms with Gasteiger partial charge in [-0.2, -0.15) is 0 Å². The normalized spacial score (nSPS) is 14.3. The zero-order valence-electron chi connectivity index (χ0n) is 40.7. The number of methoxy groups -OCH3 is 2. The SMILES string of the molecule is COCCN(C)c1c(N(C)C)c2c(N(C)C)c(c1N(C)C)N(C)CCCCN(C)c1c(N(C)C)c(c(N(C)C)c(N(C)CCOC)c1N(C)C)N(C)CCCCN2C. The molecule has 1 aliphatic heterocycles. The Morgan fingerprint density at radius 1 is 0.345 bits per heavy atom. The lowest BCUT2D eigenvalue weighted by molar-refractivity contribution is 0.206. The van der Waals surface area contributed by atoms with Crippen LogP contribution in [0.25, 0.3) is 0 Å². The van der Waals surface area contributed by atoms with E-state index in [-0.39, 0.29) is 0 Å². The predicted octanol–water partition coefficient (Wildman–Crippen LogP) is 5.27. The van der Waals surface area contributed by atoms with Crippen molar-refractivity contribution in [3.8, 4) is 0 Å². The number of anilines is 12. The van der Waals surface area contributed by atoms with Gasteiger partial charge in [-0.3, -0.25) is 0 Å². The third kappa shape index (κ3) is 10.4. The number of rotatable bonds is 14. The van der Waals surface area contributed by atoms with Gasteiger partial charge in [-0.15, -0.1) is 0 Å². The molecule has 1 heterocycles. The summed E-state index contributed by atoms with van der Waals surface area (Å²) in [5.41, 5.74) is 14.9. The molecule has 0 spiro atoms. The first kappa shape index (κ1) is 48.3. The van der Waals surface area contributed by atoms with E-state index in [1.165, 1.54) is 68.2 Å². The van der Waals surface area contributed by atoms with E-state index in [1.807, 2.05) is 0 Å². The maximum absolute atomic E-state index is 5.62. The van der Waals surface area contributed by atoms with Crippen molar-refractivity contribution in [3.05, 3.63) is 0 Å². The molecular weight excluding hydrogens is 729 g/mol. The van der Waals surface area contributed by atoms with E-state index in [0.29, 0.717) is 13.2 Å². The molecule has 0 N–H and O–H groups in total. The minimum atomic E-state index is 0.649. The van der Waals surface area contributed by atoms with Crippen LogP contribution < -0.4 is 58.8 Å². The third-order valence-electron chi connectivity index (χ3n) is 11.4. The second-order valence-corrected chi connectivity index (χ2v) is 17.5. The lowest BCUT2D eigenvalue weighted by atomic mass is 10.0. The average molecular weight is 813 g/mol. The number of hydrogen-bond acceptors (Lipinski definition) is 14.